The van der Waals surface area contributed by atoms with Crippen LogP contribution in [0.15, 0.2) is 53.8 Å². The van der Waals surface area contributed by atoms with E-state index >= 15 is 0 Å². The quantitative estimate of drug-likeness (QED) is 0.436. The first-order valence-electron chi connectivity index (χ1n) is 6.25. The average Bonchev–Trinajstić information content (AvgIpc) is 2.47. The van der Waals surface area contributed by atoms with Crippen molar-refractivity contribution in [3.8, 4) is 5.75 Å². The fraction of sp³-hybridized carbons (Fsp3) is 0.143. The Morgan fingerprint density at radius 2 is 1.96 bits per heavy atom. The molecular weight excluding hydrogens is 424 g/mol. The Bertz CT molecular complexity index is 650. The van der Waals surface area contributed by atoms with Crippen molar-refractivity contribution in [2.24, 2.45) is 10.7 Å². The van der Waals surface area contributed by atoms with Gasteiger partial charge in [0.25, 0.3) is 0 Å². The Morgan fingerprint density at radius 3 is 2.61 bits per heavy atom. The fourth-order valence-electron chi connectivity index (χ4n) is 1.63. The summed E-state index contributed by atoms with van der Waals surface area (Å²) < 4.78 is 40.8. The number of rotatable bonds is 4. The molecule has 0 saturated heterocycles. The molecule has 0 aliphatic carbocycles. The van der Waals surface area contributed by atoms with Crippen LogP contribution in [0.5, 0.6) is 5.75 Å². The number of hydrogen-bond acceptors (Lipinski definition) is 3. The van der Waals surface area contributed by atoms with Gasteiger partial charge in [0.1, 0.15) is 0 Å². The Morgan fingerprint density at radius 1 is 1.22 bits per heavy atom. The standard InChI is InChI=1S/C14H13F3N4O.HI/c15-14(16,17)22-12-6-2-1-5-11(12)21-13(18)20-9-10-4-3-7-19-8-10;/h1-8H,9H2,(H3,18,20,21);1H. The molecule has 0 saturated carbocycles. The van der Waals surface area contributed by atoms with E-state index in [1.807, 2.05) is 6.07 Å². The van der Waals surface area contributed by atoms with Gasteiger partial charge in [0.15, 0.2) is 11.7 Å². The van der Waals surface area contributed by atoms with Crippen LogP contribution in [0.3, 0.4) is 0 Å². The highest BCUT2D eigenvalue weighted by molar-refractivity contribution is 14.0. The van der Waals surface area contributed by atoms with Crippen molar-refractivity contribution in [3.05, 3.63) is 54.4 Å². The van der Waals surface area contributed by atoms with Gasteiger partial charge in [-0.25, -0.2) is 4.99 Å². The largest absolute Gasteiger partial charge is 0.573 e. The van der Waals surface area contributed by atoms with Crippen LogP contribution in [0, 0.1) is 0 Å². The molecule has 3 N–H and O–H groups in total. The van der Waals surface area contributed by atoms with Crippen LogP contribution in [0.25, 0.3) is 0 Å². The number of nitrogens with one attached hydrogen (secondary N) is 1. The first kappa shape index (κ1) is 19.0. The van der Waals surface area contributed by atoms with Gasteiger partial charge in [-0.2, -0.15) is 0 Å². The maximum absolute atomic E-state index is 12.3. The van der Waals surface area contributed by atoms with Crippen molar-refractivity contribution in [2.75, 3.05) is 5.32 Å². The molecule has 0 aliphatic heterocycles. The van der Waals surface area contributed by atoms with Crippen LogP contribution in [-0.2, 0) is 6.54 Å². The molecule has 0 atom stereocenters. The molecule has 0 amide bonds. The van der Waals surface area contributed by atoms with Gasteiger partial charge in [-0.15, -0.1) is 37.1 Å². The van der Waals surface area contributed by atoms with Crippen molar-refractivity contribution < 1.29 is 17.9 Å². The molecule has 5 nitrogen and oxygen atoms in total. The molecule has 23 heavy (non-hydrogen) atoms. The Balaban J connectivity index is 0.00000264. The normalized spacial score (nSPS) is 11.5. The number of aliphatic imine (C=N–C) groups is 1. The summed E-state index contributed by atoms with van der Waals surface area (Å²) in [6.07, 6.45) is -1.53. The molecule has 0 fully saturated rings. The van der Waals surface area contributed by atoms with E-state index in [1.165, 1.54) is 18.2 Å². The van der Waals surface area contributed by atoms with E-state index in [4.69, 9.17) is 5.73 Å². The van der Waals surface area contributed by atoms with Crippen LogP contribution in [0.2, 0.25) is 0 Å². The van der Waals surface area contributed by atoms with Crippen LogP contribution in [0.1, 0.15) is 5.56 Å². The van der Waals surface area contributed by atoms with E-state index < -0.39 is 6.36 Å². The molecule has 9 heteroatoms. The summed E-state index contributed by atoms with van der Waals surface area (Å²) in [5.74, 6) is -0.406. The lowest BCUT2D eigenvalue weighted by Crippen LogP contribution is -2.24. The summed E-state index contributed by atoms with van der Waals surface area (Å²) in [6.45, 7) is 0.259. The topological polar surface area (TPSA) is 72.5 Å². The fourth-order valence-corrected chi connectivity index (χ4v) is 1.63. The third-order valence-electron chi connectivity index (χ3n) is 2.53. The van der Waals surface area contributed by atoms with Crippen LogP contribution >= 0.6 is 24.0 Å². The third-order valence-corrected chi connectivity index (χ3v) is 2.53. The number of ether oxygens (including phenoxy) is 1. The number of para-hydroxylation sites is 2. The second kappa shape index (κ2) is 8.56. The number of aromatic nitrogens is 1. The minimum Gasteiger partial charge on any atom is -0.404 e. The number of benzene rings is 1. The molecule has 1 heterocycles. The number of nitrogens with zero attached hydrogens (tertiary/aromatic N) is 2. The monoisotopic (exact) mass is 438 g/mol. The predicted molar refractivity (Wildman–Crippen MR) is 91.7 cm³/mol. The maximum Gasteiger partial charge on any atom is 0.573 e. The lowest BCUT2D eigenvalue weighted by molar-refractivity contribution is -0.274. The van der Waals surface area contributed by atoms with E-state index in [-0.39, 0.29) is 47.9 Å². The highest BCUT2D eigenvalue weighted by atomic mass is 127. The molecule has 124 valence electrons. The minimum atomic E-state index is -4.78. The summed E-state index contributed by atoms with van der Waals surface area (Å²) in [5, 5.41) is 2.59. The average molecular weight is 438 g/mol. The molecule has 1 aromatic heterocycles. The van der Waals surface area contributed by atoms with Crippen molar-refractivity contribution in [1.29, 1.82) is 0 Å². The lowest BCUT2D eigenvalue weighted by Gasteiger charge is -2.14. The zero-order valence-corrected chi connectivity index (χ0v) is 14.1. The van der Waals surface area contributed by atoms with Crippen LogP contribution in [0.4, 0.5) is 18.9 Å². The van der Waals surface area contributed by atoms with Gasteiger partial charge in [-0.1, -0.05) is 18.2 Å². The number of halogens is 4. The van der Waals surface area contributed by atoms with Gasteiger partial charge in [-0.05, 0) is 23.8 Å². The molecule has 0 radical (unpaired) electrons. The third kappa shape index (κ3) is 6.72. The minimum absolute atomic E-state index is 0. The van der Waals surface area contributed by atoms with Gasteiger partial charge in [0.05, 0.1) is 12.2 Å². The molecule has 0 aliphatic rings. The van der Waals surface area contributed by atoms with Crippen molar-refractivity contribution >= 4 is 35.6 Å². The smallest absolute Gasteiger partial charge is 0.404 e. The Kier molecular flexibility index (Phi) is 7.07. The maximum atomic E-state index is 12.3. The van der Waals surface area contributed by atoms with E-state index in [2.05, 4.69) is 20.0 Å². The number of guanidine groups is 1. The SMILES string of the molecule is I.NC(=NCc1cccnc1)Nc1ccccc1OC(F)(F)F. The first-order valence-corrected chi connectivity index (χ1v) is 6.25. The second-order valence-corrected chi connectivity index (χ2v) is 4.23. The van der Waals surface area contributed by atoms with Crippen LogP contribution in [-0.4, -0.2) is 17.3 Å². The molecule has 2 aromatic rings. The van der Waals surface area contributed by atoms with E-state index in [0.717, 1.165) is 5.56 Å². The molecule has 2 rings (SSSR count). The van der Waals surface area contributed by atoms with Gasteiger partial charge < -0.3 is 15.8 Å². The second-order valence-electron chi connectivity index (χ2n) is 4.23. The van der Waals surface area contributed by atoms with Crippen molar-refractivity contribution in [3.63, 3.8) is 0 Å². The lowest BCUT2D eigenvalue weighted by atomic mass is 10.3. The molecule has 0 bridgehead atoms. The zero-order chi connectivity index (χ0) is 16.0. The van der Waals surface area contributed by atoms with Crippen LogP contribution < -0.4 is 15.8 Å². The summed E-state index contributed by atoms with van der Waals surface area (Å²) in [6, 6.07) is 9.14. The number of alkyl halides is 3. The number of pyridine rings is 1. The van der Waals surface area contributed by atoms with Gasteiger partial charge in [-0.3, -0.25) is 4.98 Å². The predicted octanol–water partition coefficient (Wildman–Crippen LogP) is 3.53. The molecule has 0 spiro atoms. The number of nitrogens with two attached hydrogens (primary N) is 1. The van der Waals surface area contributed by atoms with E-state index in [9.17, 15) is 13.2 Å². The zero-order valence-electron chi connectivity index (χ0n) is 11.7. The van der Waals surface area contributed by atoms with Crippen molar-refractivity contribution in [2.45, 2.75) is 12.9 Å². The number of anilines is 1. The summed E-state index contributed by atoms with van der Waals surface area (Å²) in [5.41, 5.74) is 6.57. The molecular formula is C14H14F3IN4O. The number of hydrogen-bond donors (Lipinski definition) is 2. The highest BCUT2D eigenvalue weighted by Crippen LogP contribution is 2.29. The summed E-state index contributed by atoms with van der Waals surface area (Å²) in [4.78, 5) is 7.96. The molecule has 0 unspecified atom stereocenters. The first-order chi connectivity index (χ1) is 10.4. The van der Waals surface area contributed by atoms with Gasteiger partial charge in [0, 0.05) is 12.4 Å². The van der Waals surface area contributed by atoms with E-state index in [1.54, 1.807) is 24.5 Å². The summed E-state index contributed by atoms with van der Waals surface area (Å²) >= 11 is 0. The van der Waals surface area contributed by atoms with E-state index in [0.29, 0.717) is 0 Å². The Hall–Kier alpha value is -2.04. The van der Waals surface area contributed by atoms with Gasteiger partial charge in [0.2, 0.25) is 0 Å². The Labute approximate surface area is 147 Å². The van der Waals surface area contributed by atoms with Gasteiger partial charge >= 0.3 is 6.36 Å². The highest BCUT2D eigenvalue weighted by Gasteiger charge is 2.32. The van der Waals surface area contributed by atoms with Crippen molar-refractivity contribution in [1.82, 2.24) is 4.98 Å². The molecule has 1 aromatic carbocycles. The summed E-state index contributed by atoms with van der Waals surface area (Å²) in [7, 11) is 0.